The Balaban J connectivity index is 1.57. The highest BCUT2D eigenvalue weighted by molar-refractivity contribution is 5.91. The molecule has 2 N–H and O–H groups in total. The zero-order valence-electron chi connectivity index (χ0n) is 12.6. The molecule has 2 atom stereocenters. The van der Waals surface area contributed by atoms with Gasteiger partial charge in [-0.25, -0.2) is 0 Å². The first-order valence-corrected chi connectivity index (χ1v) is 7.93. The summed E-state index contributed by atoms with van der Waals surface area (Å²) in [6.45, 7) is 4.37. The average molecular weight is 292 g/mol. The van der Waals surface area contributed by atoms with E-state index < -0.39 is 0 Å². The number of nitrogens with one attached hydrogen (secondary N) is 2. The fourth-order valence-electron chi connectivity index (χ4n) is 3.50. The third kappa shape index (κ3) is 3.63. The summed E-state index contributed by atoms with van der Waals surface area (Å²) in [4.78, 5) is 14.5. The lowest BCUT2D eigenvalue weighted by Gasteiger charge is -2.38. The Bertz CT molecular complexity index is 482. The molecule has 1 amide bonds. The van der Waals surface area contributed by atoms with Gasteiger partial charge in [0.15, 0.2) is 5.82 Å². The number of aryl methyl sites for hydroxylation is 1. The maximum Gasteiger partial charge on any atom is 0.239 e. The van der Waals surface area contributed by atoms with Crippen molar-refractivity contribution in [3.63, 3.8) is 0 Å². The molecule has 2 aliphatic rings. The topological polar surface area (TPSA) is 70.4 Å². The summed E-state index contributed by atoms with van der Waals surface area (Å²) in [6, 6.07) is 2.78. The molecule has 0 spiro atoms. The van der Waals surface area contributed by atoms with Gasteiger partial charge in [-0.05, 0) is 45.7 Å². The van der Waals surface area contributed by atoms with Crippen molar-refractivity contribution in [2.24, 2.45) is 0 Å². The van der Waals surface area contributed by atoms with Crippen molar-refractivity contribution in [3.8, 4) is 0 Å². The Morgan fingerprint density at radius 3 is 3.10 bits per heavy atom. The molecule has 0 radical (unpaired) electrons. The highest BCUT2D eigenvalue weighted by Crippen LogP contribution is 2.24. The number of piperidine rings is 1. The summed E-state index contributed by atoms with van der Waals surface area (Å²) in [5.41, 5.74) is 0. The highest BCUT2D eigenvalue weighted by atomic mass is 16.5. The van der Waals surface area contributed by atoms with E-state index in [1.54, 1.807) is 6.07 Å². The van der Waals surface area contributed by atoms with Crippen LogP contribution in [0.1, 0.15) is 37.9 Å². The van der Waals surface area contributed by atoms with Gasteiger partial charge in [-0.1, -0.05) is 11.6 Å². The second-order valence-electron chi connectivity index (χ2n) is 6.11. The Morgan fingerprint density at radius 1 is 1.48 bits per heavy atom. The third-order valence-corrected chi connectivity index (χ3v) is 4.47. The second kappa shape index (κ2) is 6.58. The first kappa shape index (κ1) is 14.5. The summed E-state index contributed by atoms with van der Waals surface area (Å²) in [6.07, 6.45) is 6.11. The quantitative estimate of drug-likeness (QED) is 0.880. The standard InChI is InChI=1S/C15H24N4O2/c1-11-9-14(18-21-11)17-15(20)10-19-8-3-2-6-13(19)12-5-4-7-16-12/h9,12-13,16H,2-8,10H2,1H3,(H,17,18,20). The van der Waals surface area contributed by atoms with Crippen molar-refractivity contribution in [3.05, 3.63) is 11.8 Å². The van der Waals surface area contributed by atoms with Crippen LogP contribution in [-0.2, 0) is 4.79 Å². The number of hydrogen-bond acceptors (Lipinski definition) is 5. The fourth-order valence-corrected chi connectivity index (χ4v) is 3.50. The Morgan fingerprint density at radius 2 is 2.38 bits per heavy atom. The lowest BCUT2D eigenvalue weighted by Crippen LogP contribution is -2.52. The lowest BCUT2D eigenvalue weighted by molar-refractivity contribution is -0.118. The molecule has 2 unspecified atom stereocenters. The minimum Gasteiger partial charge on any atom is -0.360 e. The molecule has 0 aliphatic carbocycles. The molecular weight excluding hydrogens is 268 g/mol. The molecule has 2 fully saturated rings. The van der Waals surface area contributed by atoms with Crippen molar-refractivity contribution in [1.82, 2.24) is 15.4 Å². The number of aromatic nitrogens is 1. The summed E-state index contributed by atoms with van der Waals surface area (Å²) in [5.74, 6) is 1.20. The SMILES string of the molecule is Cc1cc(NC(=O)CN2CCCCC2C2CCCN2)no1. The van der Waals surface area contributed by atoms with Gasteiger partial charge in [0.05, 0.1) is 6.54 Å². The molecular formula is C15H24N4O2. The van der Waals surface area contributed by atoms with Gasteiger partial charge >= 0.3 is 0 Å². The molecule has 3 rings (SSSR count). The minimum absolute atomic E-state index is 0.00630. The molecule has 6 nitrogen and oxygen atoms in total. The van der Waals surface area contributed by atoms with Gasteiger partial charge < -0.3 is 15.2 Å². The molecule has 0 aromatic carbocycles. The van der Waals surface area contributed by atoms with Crippen LogP contribution < -0.4 is 10.6 Å². The van der Waals surface area contributed by atoms with E-state index in [0.717, 1.165) is 13.1 Å². The van der Waals surface area contributed by atoms with Gasteiger partial charge in [0, 0.05) is 18.2 Å². The summed E-state index contributed by atoms with van der Waals surface area (Å²) in [5, 5.41) is 10.2. The zero-order chi connectivity index (χ0) is 14.7. The van der Waals surface area contributed by atoms with Crippen LogP contribution in [-0.4, -0.2) is 47.7 Å². The second-order valence-corrected chi connectivity index (χ2v) is 6.11. The van der Waals surface area contributed by atoms with Gasteiger partial charge in [0.25, 0.3) is 0 Å². The number of anilines is 1. The van der Waals surface area contributed by atoms with E-state index >= 15 is 0 Å². The van der Waals surface area contributed by atoms with Gasteiger partial charge in [0.2, 0.25) is 5.91 Å². The lowest BCUT2D eigenvalue weighted by atomic mass is 9.94. The number of likely N-dealkylation sites (tertiary alicyclic amines) is 1. The maximum absolute atomic E-state index is 12.2. The van der Waals surface area contributed by atoms with Crippen LogP contribution >= 0.6 is 0 Å². The minimum atomic E-state index is -0.00630. The highest BCUT2D eigenvalue weighted by Gasteiger charge is 2.32. The van der Waals surface area contributed by atoms with Gasteiger partial charge in [-0.2, -0.15) is 0 Å². The van der Waals surface area contributed by atoms with Crippen molar-refractivity contribution >= 4 is 11.7 Å². The van der Waals surface area contributed by atoms with E-state index in [4.69, 9.17) is 4.52 Å². The first-order chi connectivity index (χ1) is 10.2. The largest absolute Gasteiger partial charge is 0.360 e. The molecule has 116 valence electrons. The van der Waals surface area contributed by atoms with Crippen LogP contribution in [0.4, 0.5) is 5.82 Å². The van der Waals surface area contributed by atoms with Crippen LogP contribution in [0.15, 0.2) is 10.6 Å². The molecule has 2 aliphatic heterocycles. The van der Waals surface area contributed by atoms with E-state index in [1.165, 1.54) is 32.1 Å². The summed E-state index contributed by atoms with van der Waals surface area (Å²) >= 11 is 0. The maximum atomic E-state index is 12.2. The zero-order valence-corrected chi connectivity index (χ0v) is 12.6. The van der Waals surface area contributed by atoms with E-state index in [9.17, 15) is 4.79 Å². The number of carbonyl (C=O) groups excluding carboxylic acids is 1. The Kier molecular flexibility index (Phi) is 4.55. The molecule has 1 aromatic heterocycles. The molecule has 0 bridgehead atoms. The van der Waals surface area contributed by atoms with Crippen LogP contribution in [0, 0.1) is 6.92 Å². The van der Waals surface area contributed by atoms with Gasteiger partial charge in [0.1, 0.15) is 5.76 Å². The molecule has 0 saturated carbocycles. The van der Waals surface area contributed by atoms with Crippen molar-refractivity contribution in [1.29, 1.82) is 0 Å². The monoisotopic (exact) mass is 292 g/mol. The molecule has 3 heterocycles. The van der Waals surface area contributed by atoms with Gasteiger partial charge in [-0.3, -0.25) is 9.69 Å². The Hall–Kier alpha value is -1.40. The Labute approximate surface area is 125 Å². The summed E-state index contributed by atoms with van der Waals surface area (Å²) < 4.78 is 4.97. The number of nitrogens with zero attached hydrogens (tertiary/aromatic N) is 2. The van der Waals surface area contributed by atoms with E-state index in [-0.39, 0.29) is 5.91 Å². The van der Waals surface area contributed by atoms with E-state index in [2.05, 4.69) is 20.7 Å². The fraction of sp³-hybridized carbons (Fsp3) is 0.733. The smallest absolute Gasteiger partial charge is 0.239 e. The van der Waals surface area contributed by atoms with Crippen molar-refractivity contribution in [2.45, 2.75) is 51.1 Å². The van der Waals surface area contributed by atoms with Crippen LogP contribution in [0.2, 0.25) is 0 Å². The molecule has 2 saturated heterocycles. The first-order valence-electron chi connectivity index (χ1n) is 7.93. The molecule has 1 aromatic rings. The van der Waals surface area contributed by atoms with E-state index in [1.807, 2.05) is 6.92 Å². The normalized spacial score (nSPS) is 26.9. The predicted molar refractivity (Wildman–Crippen MR) is 80.1 cm³/mol. The molecule has 21 heavy (non-hydrogen) atoms. The number of hydrogen-bond donors (Lipinski definition) is 2. The van der Waals surface area contributed by atoms with Crippen LogP contribution in [0.25, 0.3) is 0 Å². The number of carbonyl (C=O) groups is 1. The summed E-state index contributed by atoms with van der Waals surface area (Å²) in [7, 11) is 0. The van der Waals surface area contributed by atoms with Crippen molar-refractivity contribution in [2.75, 3.05) is 25.0 Å². The predicted octanol–water partition coefficient (Wildman–Crippen LogP) is 1.53. The van der Waals surface area contributed by atoms with Crippen molar-refractivity contribution < 1.29 is 9.32 Å². The average Bonchev–Trinajstić information content (AvgIpc) is 3.11. The van der Waals surface area contributed by atoms with Gasteiger partial charge in [-0.15, -0.1) is 0 Å². The van der Waals surface area contributed by atoms with E-state index in [0.29, 0.717) is 30.2 Å². The van der Waals surface area contributed by atoms with Crippen LogP contribution in [0.3, 0.4) is 0 Å². The number of amides is 1. The molecule has 6 heteroatoms. The number of rotatable bonds is 4. The third-order valence-electron chi connectivity index (χ3n) is 4.47. The van der Waals surface area contributed by atoms with Crippen LogP contribution in [0.5, 0.6) is 0 Å².